The van der Waals surface area contributed by atoms with Gasteiger partial charge in [0.2, 0.25) is 0 Å². The lowest BCUT2D eigenvalue weighted by molar-refractivity contribution is 0.665. The number of nitrogens with two attached hydrogens (primary N) is 2. The van der Waals surface area contributed by atoms with Crippen molar-refractivity contribution >= 4 is 0 Å². The van der Waals surface area contributed by atoms with Crippen LogP contribution in [0, 0.1) is 0 Å². The average Bonchev–Trinajstić information content (AvgIpc) is 1.83. The topological polar surface area (TPSA) is 64.1 Å². The van der Waals surface area contributed by atoms with E-state index in [9.17, 15) is 0 Å². The molecule has 54 valence electrons. The van der Waals surface area contributed by atoms with Crippen molar-refractivity contribution in [3.05, 3.63) is 12.2 Å². The van der Waals surface area contributed by atoms with Crippen molar-refractivity contribution in [1.82, 2.24) is 5.43 Å². The molecule has 0 unspecified atom stereocenters. The summed E-state index contributed by atoms with van der Waals surface area (Å²) in [4.78, 5) is 0. The van der Waals surface area contributed by atoms with Crippen molar-refractivity contribution in [1.29, 1.82) is 0 Å². The predicted octanol–water partition coefficient (Wildman–Crippen LogP) is -0.258. The van der Waals surface area contributed by atoms with Crippen LogP contribution in [0.5, 0.6) is 0 Å². The summed E-state index contributed by atoms with van der Waals surface area (Å²) < 4.78 is 0. The van der Waals surface area contributed by atoms with Gasteiger partial charge in [0.1, 0.15) is 0 Å². The molecule has 0 bridgehead atoms. The minimum atomic E-state index is 0.112. The summed E-state index contributed by atoms with van der Waals surface area (Å²) in [6.45, 7) is 3.87. The molecule has 0 fully saturated rings. The van der Waals surface area contributed by atoms with Crippen LogP contribution >= 0.6 is 0 Å². The Labute approximate surface area is 56.1 Å². The van der Waals surface area contributed by atoms with Crippen molar-refractivity contribution in [2.75, 3.05) is 0 Å². The van der Waals surface area contributed by atoms with Crippen LogP contribution in [0.2, 0.25) is 0 Å². The van der Waals surface area contributed by atoms with E-state index in [2.05, 4.69) is 5.43 Å². The van der Waals surface area contributed by atoms with Crippen LogP contribution in [0.15, 0.2) is 12.2 Å². The standard InChI is InChI=1S/C6H15N3/c1-5(7)3-4-6(2)9-8/h3-6,9H,7-8H2,1-2H3/b4-3-/t5-,6+/m0/s1. The van der Waals surface area contributed by atoms with Crippen molar-refractivity contribution < 1.29 is 0 Å². The van der Waals surface area contributed by atoms with E-state index in [0.717, 1.165) is 0 Å². The molecule has 0 amide bonds. The van der Waals surface area contributed by atoms with Gasteiger partial charge < -0.3 is 5.73 Å². The highest BCUT2D eigenvalue weighted by molar-refractivity contribution is 4.94. The van der Waals surface area contributed by atoms with Crippen LogP contribution in [-0.4, -0.2) is 12.1 Å². The van der Waals surface area contributed by atoms with Gasteiger partial charge in [-0.05, 0) is 13.8 Å². The fourth-order valence-electron chi connectivity index (χ4n) is 0.397. The number of hydrazine groups is 1. The molecule has 9 heavy (non-hydrogen) atoms. The molecule has 0 aliphatic rings. The van der Waals surface area contributed by atoms with Gasteiger partial charge in [-0.15, -0.1) is 0 Å². The van der Waals surface area contributed by atoms with E-state index in [-0.39, 0.29) is 12.1 Å². The van der Waals surface area contributed by atoms with Crippen LogP contribution in [0.3, 0.4) is 0 Å². The molecule has 5 N–H and O–H groups in total. The van der Waals surface area contributed by atoms with E-state index in [4.69, 9.17) is 11.6 Å². The summed E-state index contributed by atoms with van der Waals surface area (Å²) in [5, 5.41) is 0. The summed E-state index contributed by atoms with van der Waals surface area (Å²) in [5.41, 5.74) is 8.02. The summed E-state index contributed by atoms with van der Waals surface area (Å²) in [6.07, 6.45) is 3.84. The first-order valence-corrected chi connectivity index (χ1v) is 3.07. The maximum Gasteiger partial charge on any atom is 0.0362 e. The minimum Gasteiger partial charge on any atom is -0.325 e. The summed E-state index contributed by atoms with van der Waals surface area (Å²) in [6, 6.07) is 0.316. The molecule has 3 nitrogen and oxygen atoms in total. The number of hydrogen-bond acceptors (Lipinski definition) is 3. The number of nitrogens with one attached hydrogen (secondary N) is 1. The molecule has 0 saturated heterocycles. The Bertz CT molecular complexity index is 88.3. The Morgan fingerprint density at radius 2 is 1.89 bits per heavy atom. The first-order chi connectivity index (χ1) is 4.16. The lowest BCUT2D eigenvalue weighted by Crippen LogP contribution is -2.31. The zero-order valence-corrected chi connectivity index (χ0v) is 5.96. The van der Waals surface area contributed by atoms with Crippen molar-refractivity contribution in [3.8, 4) is 0 Å². The Hall–Kier alpha value is -0.380. The quantitative estimate of drug-likeness (QED) is 0.279. The van der Waals surface area contributed by atoms with Crippen molar-refractivity contribution in [2.24, 2.45) is 11.6 Å². The molecule has 0 radical (unpaired) electrons. The average molecular weight is 129 g/mol. The van der Waals surface area contributed by atoms with E-state index in [1.807, 2.05) is 26.0 Å². The second kappa shape index (κ2) is 4.49. The van der Waals surface area contributed by atoms with Crippen molar-refractivity contribution in [2.45, 2.75) is 25.9 Å². The van der Waals surface area contributed by atoms with Crippen molar-refractivity contribution in [3.63, 3.8) is 0 Å². The first kappa shape index (κ1) is 8.62. The van der Waals surface area contributed by atoms with Gasteiger partial charge in [-0.25, -0.2) is 0 Å². The smallest absolute Gasteiger partial charge is 0.0362 e. The third-order valence-corrected chi connectivity index (χ3v) is 0.966. The zero-order chi connectivity index (χ0) is 7.28. The minimum absolute atomic E-state index is 0.112. The second-order valence-corrected chi connectivity index (χ2v) is 2.20. The van der Waals surface area contributed by atoms with Crippen LogP contribution in [0.1, 0.15) is 13.8 Å². The molecule has 0 aliphatic heterocycles. The third kappa shape index (κ3) is 5.49. The first-order valence-electron chi connectivity index (χ1n) is 3.07. The van der Waals surface area contributed by atoms with Gasteiger partial charge in [0.25, 0.3) is 0 Å². The maximum atomic E-state index is 5.44. The molecule has 0 aliphatic carbocycles. The number of rotatable bonds is 3. The van der Waals surface area contributed by atoms with Crippen LogP contribution < -0.4 is 17.0 Å². The van der Waals surface area contributed by atoms with E-state index in [1.54, 1.807) is 0 Å². The van der Waals surface area contributed by atoms with E-state index < -0.39 is 0 Å². The van der Waals surface area contributed by atoms with Gasteiger partial charge >= 0.3 is 0 Å². The predicted molar refractivity (Wildman–Crippen MR) is 39.6 cm³/mol. The monoisotopic (exact) mass is 129 g/mol. The molecule has 0 aromatic rings. The number of hydrogen-bond donors (Lipinski definition) is 3. The highest BCUT2D eigenvalue weighted by atomic mass is 15.2. The van der Waals surface area contributed by atoms with Crippen LogP contribution in [0.25, 0.3) is 0 Å². The molecule has 0 spiro atoms. The maximum absolute atomic E-state index is 5.44. The Balaban J connectivity index is 3.43. The zero-order valence-electron chi connectivity index (χ0n) is 5.96. The van der Waals surface area contributed by atoms with Crippen LogP contribution in [-0.2, 0) is 0 Å². The fourth-order valence-corrected chi connectivity index (χ4v) is 0.397. The van der Waals surface area contributed by atoms with Gasteiger partial charge in [0.15, 0.2) is 0 Å². The molecule has 0 rings (SSSR count). The van der Waals surface area contributed by atoms with Gasteiger partial charge in [0.05, 0.1) is 0 Å². The second-order valence-electron chi connectivity index (χ2n) is 2.20. The molecule has 3 heteroatoms. The summed E-state index contributed by atoms with van der Waals surface area (Å²) in [7, 11) is 0. The summed E-state index contributed by atoms with van der Waals surface area (Å²) in [5.74, 6) is 5.12. The highest BCUT2D eigenvalue weighted by Crippen LogP contribution is 1.83. The van der Waals surface area contributed by atoms with Crippen LogP contribution in [0.4, 0.5) is 0 Å². The Morgan fingerprint density at radius 1 is 1.33 bits per heavy atom. The molecule has 0 saturated carbocycles. The molecule has 0 aromatic carbocycles. The fraction of sp³-hybridized carbons (Fsp3) is 0.667. The molecule has 2 atom stereocenters. The largest absolute Gasteiger partial charge is 0.325 e. The summed E-state index contributed by atoms with van der Waals surface area (Å²) >= 11 is 0. The third-order valence-electron chi connectivity index (χ3n) is 0.966. The van der Waals surface area contributed by atoms with E-state index in [0.29, 0.717) is 0 Å². The Morgan fingerprint density at radius 3 is 2.22 bits per heavy atom. The lowest BCUT2D eigenvalue weighted by Gasteiger charge is -2.02. The lowest BCUT2D eigenvalue weighted by atomic mass is 10.2. The highest BCUT2D eigenvalue weighted by Gasteiger charge is 1.89. The van der Waals surface area contributed by atoms with E-state index in [1.165, 1.54) is 0 Å². The van der Waals surface area contributed by atoms with Gasteiger partial charge in [-0.1, -0.05) is 12.2 Å². The van der Waals surface area contributed by atoms with Gasteiger partial charge in [-0.2, -0.15) is 0 Å². The Kier molecular flexibility index (Phi) is 4.30. The van der Waals surface area contributed by atoms with Gasteiger partial charge in [-0.3, -0.25) is 11.3 Å². The molecule has 0 heterocycles. The molecular formula is C6H15N3. The normalized spacial score (nSPS) is 18.2. The van der Waals surface area contributed by atoms with E-state index >= 15 is 0 Å². The SMILES string of the molecule is C[C@H](N)/C=C\[C@@H](C)NN. The molecular weight excluding hydrogens is 114 g/mol. The van der Waals surface area contributed by atoms with Gasteiger partial charge in [0, 0.05) is 12.1 Å². The molecule has 0 aromatic heterocycles.